The minimum atomic E-state index is -0.826. The number of carbonyl (C=O) groups excluding carboxylic acids is 2. The van der Waals surface area contributed by atoms with E-state index in [0.29, 0.717) is 53.2 Å². The number of likely N-dealkylation sites (tertiary alicyclic amines) is 2. The summed E-state index contributed by atoms with van der Waals surface area (Å²) in [5.74, 6) is 2.23. The van der Waals surface area contributed by atoms with Gasteiger partial charge in [-0.2, -0.15) is 9.97 Å². The Kier molecular flexibility index (Phi) is 16.0. The molecule has 4 atom stereocenters. The molecule has 19 heteroatoms. The molecule has 4 aromatic heterocycles. The van der Waals surface area contributed by atoms with Gasteiger partial charge in [-0.05, 0) is 112 Å². The SMILES string of the molecule is C#Cc1c(F)ccc2cc(O)cc(-c3ncc4c(N5CCCCCC5)nc(OCCN5CCC(CC6CN(c7cc([C@H](C(=O)N8C[C@H](O)C[C@H]8C(=O)N[C@@H](C)c8ccc(-c9scnc9C)cc8)C(C)C)on7)C6)CC5)nc4c3F)c12. The Hall–Kier alpha value is -7.27. The maximum absolute atomic E-state index is 17.0. The summed E-state index contributed by atoms with van der Waals surface area (Å²) >= 11 is 1.59. The molecule has 0 aliphatic carbocycles. The van der Waals surface area contributed by atoms with Gasteiger partial charge >= 0.3 is 6.01 Å². The number of phenolic OH excluding ortho intramolecular Hbond substituents is 1. The van der Waals surface area contributed by atoms with E-state index in [2.05, 4.69) is 46.0 Å². The number of β-amino-alcohol motifs (C(OH)–C–C–N with tert-alkyl or cyclic N) is 1. The van der Waals surface area contributed by atoms with E-state index in [4.69, 9.17) is 20.7 Å². The molecule has 418 valence electrons. The Bertz CT molecular complexity index is 3440. The summed E-state index contributed by atoms with van der Waals surface area (Å²) in [5, 5.41) is 30.1. The highest BCUT2D eigenvalue weighted by Gasteiger charge is 2.44. The van der Waals surface area contributed by atoms with Gasteiger partial charge in [0.25, 0.3) is 0 Å². The van der Waals surface area contributed by atoms with E-state index in [0.717, 1.165) is 106 Å². The average Bonchev–Trinajstić information content (AvgIpc) is 4.05. The van der Waals surface area contributed by atoms with Gasteiger partial charge in [0.1, 0.15) is 47.2 Å². The van der Waals surface area contributed by atoms with Crippen LogP contribution in [0.2, 0.25) is 0 Å². The quantitative estimate of drug-likeness (QED) is 0.0777. The Balaban J connectivity index is 0.679. The first-order valence-electron chi connectivity index (χ1n) is 28.1. The Labute approximate surface area is 468 Å². The molecule has 11 rings (SSSR count). The zero-order chi connectivity index (χ0) is 55.8. The number of anilines is 2. The summed E-state index contributed by atoms with van der Waals surface area (Å²) < 4.78 is 44.2. The second kappa shape index (κ2) is 23.4. The number of aliphatic hydroxyl groups excluding tert-OH is 1. The highest BCUT2D eigenvalue weighted by Crippen LogP contribution is 2.41. The number of carbonyl (C=O) groups is 2. The number of rotatable bonds is 16. The smallest absolute Gasteiger partial charge is 0.319 e. The van der Waals surface area contributed by atoms with E-state index in [-0.39, 0.29) is 76.2 Å². The van der Waals surface area contributed by atoms with Crippen LogP contribution < -0.4 is 19.9 Å². The molecule has 0 unspecified atom stereocenters. The lowest BCUT2D eigenvalue weighted by molar-refractivity contribution is -0.141. The number of terminal acetylenes is 1. The number of fused-ring (bicyclic) bond motifs is 2. The van der Waals surface area contributed by atoms with Crippen molar-refractivity contribution in [2.45, 2.75) is 103 Å². The highest BCUT2D eigenvalue weighted by molar-refractivity contribution is 7.13. The number of nitrogens with zero attached hydrogens (tertiary/aromatic N) is 9. The van der Waals surface area contributed by atoms with Gasteiger partial charge in [-0.25, -0.2) is 13.8 Å². The van der Waals surface area contributed by atoms with Crippen LogP contribution in [0.4, 0.5) is 20.4 Å². The van der Waals surface area contributed by atoms with E-state index in [9.17, 15) is 19.8 Å². The largest absolute Gasteiger partial charge is 0.508 e. The summed E-state index contributed by atoms with van der Waals surface area (Å²) in [6.07, 6.45) is 13.9. The number of phenols is 1. The predicted octanol–water partition coefficient (Wildman–Crippen LogP) is 9.81. The van der Waals surface area contributed by atoms with Gasteiger partial charge in [-0.15, -0.1) is 17.8 Å². The van der Waals surface area contributed by atoms with Gasteiger partial charge in [0.05, 0.1) is 39.2 Å². The molecule has 2 amide bonds. The average molecular weight is 1110 g/mol. The van der Waals surface area contributed by atoms with Crippen molar-refractivity contribution in [3.8, 4) is 45.8 Å². The second-order valence-corrected chi connectivity index (χ2v) is 23.4. The van der Waals surface area contributed by atoms with E-state index in [1.807, 2.05) is 63.5 Å². The number of aliphatic hydroxyl groups is 1. The maximum Gasteiger partial charge on any atom is 0.319 e. The first-order chi connectivity index (χ1) is 38.7. The van der Waals surface area contributed by atoms with Crippen LogP contribution in [0.5, 0.6) is 11.8 Å². The molecule has 0 radical (unpaired) electrons. The number of aromatic nitrogens is 5. The summed E-state index contributed by atoms with van der Waals surface area (Å²) in [6, 6.07) is 14.4. The molecule has 7 aromatic rings. The Morgan fingerprint density at radius 1 is 0.938 bits per heavy atom. The number of halogens is 2. The molecule has 3 N–H and O–H groups in total. The van der Waals surface area contributed by atoms with Crippen LogP contribution in [-0.2, 0) is 9.59 Å². The zero-order valence-corrected chi connectivity index (χ0v) is 46.5. The molecule has 0 spiro atoms. The summed E-state index contributed by atoms with van der Waals surface area (Å²) in [7, 11) is 0. The summed E-state index contributed by atoms with van der Waals surface area (Å²) in [5.41, 5.74) is 4.81. The molecule has 8 heterocycles. The van der Waals surface area contributed by atoms with Gasteiger partial charge < -0.3 is 39.5 Å². The van der Waals surface area contributed by atoms with E-state index in [1.54, 1.807) is 17.5 Å². The lowest BCUT2D eigenvalue weighted by Crippen LogP contribution is -2.48. The molecule has 4 aliphatic heterocycles. The van der Waals surface area contributed by atoms with Crippen molar-refractivity contribution >= 4 is 56.5 Å². The van der Waals surface area contributed by atoms with Crippen molar-refractivity contribution in [2.75, 3.05) is 68.8 Å². The first kappa shape index (κ1) is 54.7. The van der Waals surface area contributed by atoms with Gasteiger partial charge in [-0.1, -0.05) is 68.1 Å². The number of pyridine rings is 1. The van der Waals surface area contributed by atoms with Crippen LogP contribution in [0.3, 0.4) is 0 Å². The van der Waals surface area contributed by atoms with Crippen molar-refractivity contribution < 1.29 is 37.8 Å². The van der Waals surface area contributed by atoms with Gasteiger partial charge in [0.2, 0.25) is 11.8 Å². The standard InChI is InChI=1S/C61H68F2N10O6S/c1-6-45-48(62)16-15-42-26-43(74)27-46(53(42)45)55-54(63)56-47(30-64-55)58(71-19-9-7-8-10-20-71)68-61(67-56)78-24-23-70-21-17-38(18-22-70)25-39-31-72(32-39)51-29-50(79-69-51)52(35(2)3)60(77)73-33-44(75)28-49(73)59(76)66-36(4)40-11-13-41(14-12-40)57-37(5)65-34-80-57/h1,11-16,26-27,29-30,34-36,38-39,44,49,52,74-75H,7-10,17-25,28,31-33H2,2-5H3,(H,66,76)/t36-,44+,49-,52+/m0/s1. The molecule has 3 aromatic carbocycles. The zero-order valence-electron chi connectivity index (χ0n) is 45.7. The second-order valence-electron chi connectivity index (χ2n) is 22.5. The summed E-state index contributed by atoms with van der Waals surface area (Å²) in [4.78, 5) is 55.9. The van der Waals surface area contributed by atoms with Crippen molar-refractivity contribution in [3.05, 3.63) is 101 Å². The van der Waals surface area contributed by atoms with Crippen LogP contribution in [0.25, 0.3) is 43.4 Å². The molecule has 0 bridgehead atoms. The van der Waals surface area contributed by atoms with Crippen LogP contribution in [-0.4, -0.2) is 128 Å². The third-order valence-electron chi connectivity index (χ3n) is 16.7. The fraction of sp³-hybridized carbons (Fsp3) is 0.459. The lowest BCUT2D eigenvalue weighted by atomic mass is 9.83. The fourth-order valence-corrected chi connectivity index (χ4v) is 13.1. The predicted molar refractivity (Wildman–Crippen MR) is 305 cm³/mol. The van der Waals surface area contributed by atoms with Gasteiger partial charge in [-0.3, -0.25) is 19.5 Å². The molecule has 16 nitrogen and oxygen atoms in total. The summed E-state index contributed by atoms with van der Waals surface area (Å²) in [6.45, 7) is 13.8. The number of benzene rings is 3. The number of hydrogen-bond acceptors (Lipinski definition) is 15. The third kappa shape index (κ3) is 11.3. The number of ether oxygens (including phenoxy) is 1. The van der Waals surface area contributed by atoms with Crippen molar-refractivity contribution in [3.63, 3.8) is 0 Å². The molecule has 4 fully saturated rings. The third-order valence-corrected chi connectivity index (χ3v) is 17.7. The normalized spacial score (nSPS) is 19.3. The monoisotopic (exact) mass is 1110 g/mol. The molecule has 0 saturated carbocycles. The van der Waals surface area contributed by atoms with Crippen LogP contribution in [0.15, 0.2) is 70.8 Å². The van der Waals surface area contributed by atoms with Crippen molar-refractivity contribution in [1.82, 2.24) is 40.2 Å². The molecule has 4 saturated heterocycles. The van der Waals surface area contributed by atoms with Crippen molar-refractivity contribution in [1.29, 1.82) is 0 Å². The molecule has 4 aliphatic rings. The Morgan fingerprint density at radius 3 is 2.41 bits per heavy atom. The van der Waals surface area contributed by atoms with Crippen LogP contribution in [0.1, 0.15) is 107 Å². The highest BCUT2D eigenvalue weighted by atomic mass is 32.1. The van der Waals surface area contributed by atoms with E-state index in [1.165, 1.54) is 29.2 Å². The maximum atomic E-state index is 17.0. The van der Waals surface area contributed by atoms with Crippen molar-refractivity contribution in [2.24, 2.45) is 17.8 Å². The molecule has 80 heavy (non-hydrogen) atoms. The van der Waals surface area contributed by atoms with Crippen LogP contribution >= 0.6 is 11.3 Å². The number of hydrogen-bond donors (Lipinski definition) is 3. The van der Waals surface area contributed by atoms with Crippen LogP contribution in [0, 0.1) is 48.7 Å². The number of amides is 2. The van der Waals surface area contributed by atoms with E-state index >= 15 is 8.78 Å². The number of aromatic hydroxyl groups is 1. The Morgan fingerprint density at radius 2 is 1.70 bits per heavy atom. The lowest BCUT2D eigenvalue weighted by Gasteiger charge is -2.42. The van der Waals surface area contributed by atoms with Gasteiger partial charge in [0, 0.05) is 68.9 Å². The number of thiazole rings is 1. The number of nitrogens with one attached hydrogen (secondary N) is 1. The molecular formula is C61H68F2N10O6S. The van der Waals surface area contributed by atoms with Gasteiger partial charge in [0.15, 0.2) is 17.4 Å². The number of piperidine rings is 1. The topological polar surface area (TPSA) is 186 Å². The minimum absolute atomic E-state index is 0.0195. The minimum Gasteiger partial charge on any atom is -0.508 e. The fourth-order valence-electron chi connectivity index (χ4n) is 12.3. The molecular weight excluding hydrogens is 1040 g/mol. The first-order valence-corrected chi connectivity index (χ1v) is 29.0. The number of aryl methyl sites for hydroxylation is 1. The van der Waals surface area contributed by atoms with E-state index < -0.39 is 29.7 Å².